The molecule has 0 bridgehead atoms. The molecule has 0 aliphatic carbocycles. The van der Waals surface area contributed by atoms with Crippen molar-refractivity contribution >= 4 is 10.8 Å². The fourth-order valence-electron chi connectivity index (χ4n) is 2.72. The highest BCUT2D eigenvalue weighted by Crippen LogP contribution is 2.24. The fraction of sp³-hybridized carbons (Fsp3) is 0.222. The minimum atomic E-state index is 0.296. The van der Waals surface area contributed by atoms with Gasteiger partial charge in [0.2, 0.25) is 0 Å². The Bertz CT molecular complexity index is 667. The zero-order chi connectivity index (χ0) is 13.8. The van der Waals surface area contributed by atoms with Gasteiger partial charge >= 0.3 is 0 Å². The third kappa shape index (κ3) is 2.61. The van der Waals surface area contributed by atoms with Crippen LogP contribution in [0.2, 0.25) is 0 Å². The summed E-state index contributed by atoms with van der Waals surface area (Å²) in [6, 6.07) is 17.4. The first-order valence-electron chi connectivity index (χ1n) is 7.10. The predicted octanol–water partition coefficient (Wildman–Crippen LogP) is 4.33. The van der Waals surface area contributed by atoms with Gasteiger partial charge in [-0.3, -0.25) is 0 Å². The van der Waals surface area contributed by atoms with E-state index in [9.17, 15) is 0 Å². The van der Waals surface area contributed by atoms with Crippen LogP contribution >= 0.6 is 0 Å². The number of hydrogen-bond donors (Lipinski definition) is 1. The van der Waals surface area contributed by atoms with E-state index in [1.54, 1.807) is 6.26 Å². The summed E-state index contributed by atoms with van der Waals surface area (Å²) in [7, 11) is 0. The van der Waals surface area contributed by atoms with Crippen molar-refractivity contribution in [3.8, 4) is 0 Å². The molecule has 0 aliphatic heterocycles. The highest BCUT2D eigenvalue weighted by molar-refractivity contribution is 5.85. The Hall–Kier alpha value is -2.06. The average Bonchev–Trinajstić information content (AvgIpc) is 3.01. The van der Waals surface area contributed by atoms with Crippen LogP contribution in [0.25, 0.3) is 10.8 Å². The number of furan rings is 1. The molecule has 0 saturated heterocycles. The average molecular weight is 265 g/mol. The Morgan fingerprint density at radius 1 is 1.05 bits per heavy atom. The lowest BCUT2D eigenvalue weighted by molar-refractivity contribution is 0.525. The topological polar surface area (TPSA) is 25.2 Å². The van der Waals surface area contributed by atoms with E-state index in [0.29, 0.717) is 6.04 Å². The second kappa shape index (κ2) is 5.93. The summed E-state index contributed by atoms with van der Waals surface area (Å²) in [6.07, 6.45) is 4.54. The van der Waals surface area contributed by atoms with E-state index < -0.39 is 0 Å². The van der Waals surface area contributed by atoms with Gasteiger partial charge < -0.3 is 9.73 Å². The quantitative estimate of drug-likeness (QED) is 0.743. The first kappa shape index (κ1) is 12.9. The SMILES string of the molecule is CCNC(Cc1cccc2ccccc12)c1ccoc1. The lowest BCUT2D eigenvalue weighted by Crippen LogP contribution is -2.22. The zero-order valence-electron chi connectivity index (χ0n) is 11.7. The molecule has 3 aromatic rings. The van der Waals surface area contributed by atoms with Gasteiger partial charge in [-0.25, -0.2) is 0 Å². The second-order valence-corrected chi connectivity index (χ2v) is 5.01. The van der Waals surface area contributed by atoms with Crippen molar-refractivity contribution in [2.75, 3.05) is 6.54 Å². The van der Waals surface area contributed by atoms with Gasteiger partial charge in [-0.1, -0.05) is 49.4 Å². The largest absolute Gasteiger partial charge is 0.472 e. The zero-order valence-corrected chi connectivity index (χ0v) is 11.7. The minimum Gasteiger partial charge on any atom is -0.472 e. The van der Waals surface area contributed by atoms with E-state index in [4.69, 9.17) is 4.42 Å². The van der Waals surface area contributed by atoms with E-state index in [-0.39, 0.29) is 0 Å². The molecular formula is C18H19NO. The lowest BCUT2D eigenvalue weighted by Gasteiger charge is -2.17. The molecule has 0 radical (unpaired) electrons. The number of likely N-dealkylation sites (N-methyl/N-ethyl adjacent to an activating group) is 1. The normalized spacial score (nSPS) is 12.7. The molecule has 2 aromatic carbocycles. The van der Waals surface area contributed by atoms with Crippen LogP contribution in [-0.2, 0) is 6.42 Å². The Balaban J connectivity index is 1.94. The van der Waals surface area contributed by atoms with Gasteiger partial charge in [-0.05, 0) is 35.4 Å². The molecule has 2 heteroatoms. The number of benzene rings is 2. The van der Waals surface area contributed by atoms with Crippen molar-refractivity contribution < 1.29 is 4.42 Å². The van der Waals surface area contributed by atoms with E-state index in [0.717, 1.165) is 13.0 Å². The molecule has 1 aromatic heterocycles. The van der Waals surface area contributed by atoms with Crippen molar-refractivity contribution in [1.82, 2.24) is 5.32 Å². The molecule has 1 atom stereocenters. The lowest BCUT2D eigenvalue weighted by atomic mass is 9.96. The molecule has 102 valence electrons. The molecular weight excluding hydrogens is 246 g/mol. The maximum absolute atomic E-state index is 5.23. The molecule has 1 N–H and O–H groups in total. The molecule has 0 aliphatic rings. The van der Waals surface area contributed by atoms with Crippen LogP contribution in [0, 0.1) is 0 Å². The van der Waals surface area contributed by atoms with Gasteiger partial charge in [0, 0.05) is 11.6 Å². The van der Waals surface area contributed by atoms with Gasteiger partial charge in [0.1, 0.15) is 0 Å². The van der Waals surface area contributed by atoms with Gasteiger partial charge in [0.05, 0.1) is 12.5 Å². The fourth-order valence-corrected chi connectivity index (χ4v) is 2.72. The van der Waals surface area contributed by atoms with Gasteiger partial charge in [-0.2, -0.15) is 0 Å². The predicted molar refractivity (Wildman–Crippen MR) is 82.8 cm³/mol. The van der Waals surface area contributed by atoms with Crippen molar-refractivity contribution in [3.63, 3.8) is 0 Å². The van der Waals surface area contributed by atoms with Crippen molar-refractivity contribution in [2.45, 2.75) is 19.4 Å². The molecule has 0 amide bonds. The molecule has 0 fully saturated rings. The molecule has 2 nitrogen and oxygen atoms in total. The molecule has 1 unspecified atom stereocenters. The summed E-state index contributed by atoms with van der Waals surface area (Å²) in [5, 5.41) is 6.17. The van der Waals surface area contributed by atoms with E-state index in [1.165, 1.54) is 21.9 Å². The minimum absolute atomic E-state index is 0.296. The Morgan fingerprint density at radius 2 is 1.90 bits per heavy atom. The van der Waals surface area contributed by atoms with Crippen LogP contribution in [0.3, 0.4) is 0 Å². The third-order valence-electron chi connectivity index (χ3n) is 3.70. The van der Waals surface area contributed by atoms with Crippen molar-refractivity contribution in [2.24, 2.45) is 0 Å². The first-order chi connectivity index (χ1) is 9.88. The highest BCUT2D eigenvalue weighted by atomic mass is 16.3. The smallest absolute Gasteiger partial charge is 0.0950 e. The van der Waals surface area contributed by atoms with E-state index in [2.05, 4.69) is 54.7 Å². The third-order valence-corrected chi connectivity index (χ3v) is 3.70. The van der Waals surface area contributed by atoms with Gasteiger partial charge in [0.25, 0.3) is 0 Å². The van der Waals surface area contributed by atoms with Gasteiger partial charge in [0.15, 0.2) is 0 Å². The molecule has 3 rings (SSSR count). The van der Waals surface area contributed by atoms with E-state index >= 15 is 0 Å². The number of nitrogens with one attached hydrogen (secondary N) is 1. The molecule has 0 saturated carbocycles. The second-order valence-electron chi connectivity index (χ2n) is 5.01. The summed E-state index contributed by atoms with van der Waals surface area (Å²) in [6.45, 7) is 3.08. The van der Waals surface area contributed by atoms with Crippen molar-refractivity contribution in [3.05, 3.63) is 72.2 Å². The Kier molecular flexibility index (Phi) is 3.84. The number of rotatable bonds is 5. The van der Waals surface area contributed by atoms with Gasteiger partial charge in [-0.15, -0.1) is 0 Å². The number of hydrogen-bond acceptors (Lipinski definition) is 2. The maximum atomic E-state index is 5.23. The van der Waals surface area contributed by atoms with Crippen LogP contribution in [0.1, 0.15) is 24.1 Å². The monoisotopic (exact) mass is 265 g/mol. The van der Waals surface area contributed by atoms with Crippen LogP contribution in [0.15, 0.2) is 65.5 Å². The summed E-state index contributed by atoms with van der Waals surface area (Å²) >= 11 is 0. The highest BCUT2D eigenvalue weighted by Gasteiger charge is 2.13. The summed E-state index contributed by atoms with van der Waals surface area (Å²) in [5.74, 6) is 0. The summed E-state index contributed by atoms with van der Waals surface area (Å²) in [5.41, 5.74) is 2.58. The molecule has 0 spiro atoms. The standard InChI is InChI=1S/C18H19NO/c1-2-19-18(16-10-11-20-13-16)12-15-8-5-7-14-6-3-4-9-17(14)15/h3-11,13,18-19H,2,12H2,1H3. The van der Waals surface area contributed by atoms with Crippen LogP contribution in [-0.4, -0.2) is 6.54 Å². The molecule has 20 heavy (non-hydrogen) atoms. The summed E-state index contributed by atoms with van der Waals surface area (Å²) in [4.78, 5) is 0. The van der Waals surface area contributed by atoms with Crippen molar-refractivity contribution in [1.29, 1.82) is 0 Å². The molecule has 1 heterocycles. The van der Waals surface area contributed by atoms with E-state index in [1.807, 2.05) is 12.3 Å². The Morgan fingerprint density at radius 3 is 2.70 bits per heavy atom. The first-order valence-corrected chi connectivity index (χ1v) is 7.10. The Labute approximate surface area is 119 Å². The maximum Gasteiger partial charge on any atom is 0.0950 e. The van der Waals surface area contributed by atoms with Crippen LogP contribution < -0.4 is 5.32 Å². The van der Waals surface area contributed by atoms with Crippen LogP contribution in [0.5, 0.6) is 0 Å². The number of fused-ring (bicyclic) bond motifs is 1. The summed E-state index contributed by atoms with van der Waals surface area (Å²) < 4.78 is 5.23. The van der Waals surface area contributed by atoms with Crippen LogP contribution in [0.4, 0.5) is 0 Å².